The van der Waals surface area contributed by atoms with Gasteiger partial charge < -0.3 is 5.32 Å². The summed E-state index contributed by atoms with van der Waals surface area (Å²) in [5.41, 5.74) is 4.89. The molecule has 6 heteroatoms. The van der Waals surface area contributed by atoms with Gasteiger partial charge in [-0.1, -0.05) is 54.2 Å². The Labute approximate surface area is 184 Å². The van der Waals surface area contributed by atoms with Crippen LogP contribution in [-0.4, -0.2) is 15.9 Å². The molecule has 0 aliphatic rings. The number of nitrogens with one attached hydrogen (secondary N) is 1. The van der Waals surface area contributed by atoms with Crippen molar-refractivity contribution in [3.8, 4) is 0 Å². The largest absolute Gasteiger partial charge is 0.341 e. The van der Waals surface area contributed by atoms with E-state index in [2.05, 4.69) is 20.7 Å². The zero-order chi connectivity index (χ0) is 20.8. The molecular formula is C24H21N3OS2. The van der Waals surface area contributed by atoms with Gasteiger partial charge in [0.2, 0.25) is 0 Å². The first-order valence-corrected chi connectivity index (χ1v) is 11.4. The zero-order valence-electron chi connectivity index (χ0n) is 16.5. The quantitative estimate of drug-likeness (QED) is 0.384. The number of aromatic nitrogens is 2. The molecule has 0 saturated heterocycles. The van der Waals surface area contributed by atoms with Crippen molar-refractivity contribution < 1.29 is 4.79 Å². The third kappa shape index (κ3) is 5.14. The van der Waals surface area contributed by atoms with E-state index in [9.17, 15) is 4.79 Å². The minimum Gasteiger partial charge on any atom is -0.341 e. The molecule has 0 fully saturated rings. The van der Waals surface area contributed by atoms with Crippen LogP contribution in [0.2, 0.25) is 0 Å². The third-order valence-electron chi connectivity index (χ3n) is 4.62. The van der Waals surface area contributed by atoms with Crippen LogP contribution in [0.5, 0.6) is 0 Å². The Hall–Kier alpha value is -2.96. The number of benzene rings is 2. The van der Waals surface area contributed by atoms with Gasteiger partial charge in [-0.25, -0.2) is 4.98 Å². The van der Waals surface area contributed by atoms with E-state index in [1.54, 1.807) is 35.5 Å². The van der Waals surface area contributed by atoms with Crippen molar-refractivity contribution in [1.82, 2.24) is 15.3 Å². The van der Waals surface area contributed by atoms with Crippen molar-refractivity contribution in [1.29, 1.82) is 0 Å². The lowest BCUT2D eigenvalue weighted by Crippen LogP contribution is -2.29. The van der Waals surface area contributed by atoms with Gasteiger partial charge in [0.05, 0.1) is 6.04 Å². The van der Waals surface area contributed by atoms with E-state index in [0.29, 0.717) is 5.56 Å². The number of rotatable bonds is 7. The maximum absolute atomic E-state index is 13.0. The molecule has 1 N–H and O–H groups in total. The van der Waals surface area contributed by atoms with Crippen LogP contribution in [0.15, 0.2) is 88.8 Å². The standard InChI is InChI=1S/C24H21N3OS2/c1-17-15-29-24(26-17)30-16-18-7-9-21(10-8-18)23(28)27-22(19-5-3-2-4-6-19)20-11-13-25-14-12-20/h2-15,22H,16H2,1H3,(H,27,28). The van der Waals surface area contributed by atoms with Gasteiger partial charge in [0.25, 0.3) is 5.91 Å². The molecule has 2 aromatic carbocycles. The summed E-state index contributed by atoms with van der Waals surface area (Å²) in [7, 11) is 0. The second-order valence-corrected chi connectivity index (χ2v) is 8.92. The fourth-order valence-electron chi connectivity index (χ4n) is 3.07. The number of aryl methyl sites for hydroxylation is 1. The molecule has 30 heavy (non-hydrogen) atoms. The van der Waals surface area contributed by atoms with E-state index in [1.165, 1.54) is 0 Å². The molecule has 1 atom stereocenters. The van der Waals surface area contributed by atoms with Gasteiger partial charge >= 0.3 is 0 Å². The highest BCUT2D eigenvalue weighted by molar-refractivity contribution is 8.00. The van der Waals surface area contributed by atoms with Crippen LogP contribution in [0.1, 0.15) is 38.8 Å². The van der Waals surface area contributed by atoms with E-state index >= 15 is 0 Å². The molecule has 150 valence electrons. The van der Waals surface area contributed by atoms with Gasteiger partial charge in [-0.05, 0) is 47.9 Å². The highest BCUT2D eigenvalue weighted by atomic mass is 32.2. The first kappa shape index (κ1) is 20.3. The first-order valence-electron chi connectivity index (χ1n) is 9.58. The Balaban J connectivity index is 1.46. The lowest BCUT2D eigenvalue weighted by atomic mass is 9.99. The van der Waals surface area contributed by atoms with Crippen LogP contribution >= 0.6 is 23.1 Å². The number of hydrogen-bond donors (Lipinski definition) is 1. The number of thioether (sulfide) groups is 1. The molecule has 2 aromatic heterocycles. The molecule has 1 amide bonds. The molecule has 0 radical (unpaired) electrons. The van der Waals surface area contributed by atoms with Gasteiger partial charge in [0.1, 0.15) is 4.34 Å². The SMILES string of the molecule is Cc1csc(SCc2ccc(C(=O)NC(c3ccccc3)c3ccncc3)cc2)n1. The number of carbonyl (C=O) groups excluding carboxylic acids is 1. The van der Waals surface area contributed by atoms with E-state index < -0.39 is 0 Å². The zero-order valence-corrected chi connectivity index (χ0v) is 18.1. The Bertz CT molecular complexity index is 1060. The molecule has 1 unspecified atom stereocenters. The van der Waals surface area contributed by atoms with E-state index in [1.807, 2.05) is 73.7 Å². The summed E-state index contributed by atoms with van der Waals surface area (Å²) >= 11 is 3.38. The van der Waals surface area contributed by atoms with Crippen molar-refractivity contribution in [2.24, 2.45) is 0 Å². The number of thiazole rings is 1. The van der Waals surface area contributed by atoms with Gasteiger partial charge in [-0.2, -0.15) is 0 Å². The number of hydrogen-bond acceptors (Lipinski definition) is 5. The highest BCUT2D eigenvalue weighted by Gasteiger charge is 2.17. The van der Waals surface area contributed by atoms with Gasteiger partial charge in [-0.15, -0.1) is 11.3 Å². The summed E-state index contributed by atoms with van der Waals surface area (Å²) in [4.78, 5) is 21.5. The topological polar surface area (TPSA) is 54.9 Å². The van der Waals surface area contributed by atoms with Crippen LogP contribution in [0, 0.1) is 6.92 Å². The van der Waals surface area contributed by atoms with Gasteiger partial charge in [0.15, 0.2) is 0 Å². The average molecular weight is 432 g/mol. The molecule has 0 bridgehead atoms. The second kappa shape index (κ2) is 9.69. The maximum atomic E-state index is 13.0. The smallest absolute Gasteiger partial charge is 0.252 e. The molecule has 0 spiro atoms. The molecule has 2 heterocycles. The van der Waals surface area contributed by atoms with Crippen LogP contribution in [-0.2, 0) is 5.75 Å². The molecule has 4 aromatic rings. The fourth-order valence-corrected chi connectivity index (χ4v) is 4.88. The molecule has 0 aliphatic carbocycles. The average Bonchev–Trinajstić information content (AvgIpc) is 3.22. The highest BCUT2D eigenvalue weighted by Crippen LogP contribution is 2.26. The third-order valence-corrected chi connectivity index (χ3v) is 6.83. The Morgan fingerprint density at radius 1 is 1.00 bits per heavy atom. The van der Waals surface area contributed by atoms with Crippen molar-refractivity contribution in [2.75, 3.05) is 0 Å². The fraction of sp³-hybridized carbons (Fsp3) is 0.125. The molecule has 4 nitrogen and oxygen atoms in total. The Kier molecular flexibility index (Phi) is 6.57. The number of amides is 1. The van der Waals surface area contributed by atoms with Crippen molar-refractivity contribution in [2.45, 2.75) is 23.1 Å². The number of pyridine rings is 1. The molecule has 0 saturated carbocycles. The number of carbonyl (C=O) groups is 1. The van der Waals surface area contributed by atoms with Gasteiger partial charge in [-0.3, -0.25) is 9.78 Å². The van der Waals surface area contributed by atoms with Crippen molar-refractivity contribution in [3.63, 3.8) is 0 Å². The number of nitrogens with zero attached hydrogens (tertiary/aromatic N) is 2. The maximum Gasteiger partial charge on any atom is 0.252 e. The summed E-state index contributed by atoms with van der Waals surface area (Å²) in [6, 6.07) is 21.4. The lowest BCUT2D eigenvalue weighted by Gasteiger charge is -2.20. The molecule has 4 rings (SSSR count). The summed E-state index contributed by atoms with van der Waals surface area (Å²) in [6.07, 6.45) is 3.49. The second-order valence-electron chi connectivity index (χ2n) is 6.84. The predicted molar refractivity (Wildman–Crippen MR) is 123 cm³/mol. The minimum absolute atomic E-state index is 0.101. The van der Waals surface area contributed by atoms with Gasteiger partial charge in [0, 0.05) is 34.8 Å². The normalized spacial score (nSPS) is 11.8. The minimum atomic E-state index is -0.231. The van der Waals surface area contributed by atoms with Crippen molar-refractivity contribution in [3.05, 3.63) is 112 Å². The summed E-state index contributed by atoms with van der Waals surface area (Å²) in [5.74, 6) is 0.730. The van der Waals surface area contributed by atoms with Crippen LogP contribution < -0.4 is 5.32 Å². The Morgan fingerprint density at radius 2 is 1.70 bits per heavy atom. The van der Waals surface area contributed by atoms with Crippen LogP contribution in [0.4, 0.5) is 0 Å². The monoisotopic (exact) mass is 431 g/mol. The van der Waals surface area contributed by atoms with Crippen LogP contribution in [0.25, 0.3) is 0 Å². The van der Waals surface area contributed by atoms with Crippen molar-refractivity contribution >= 4 is 29.0 Å². The molecule has 0 aliphatic heterocycles. The Morgan fingerprint density at radius 3 is 2.37 bits per heavy atom. The predicted octanol–water partition coefficient (Wildman–Crippen LogP) is 5.66. The molecular weight excluding hydrogens is 410 g/mol. The van der Waals surface area contributed by atoms with E-state index in [4.69, 9.17) is 0 Å². The first-order chi connectivity index (χ1) is 14.7. The summed E-state index contributed by atoms with van der Waals surface area (Å²) < 4.78 is 1.07. The van der Waals surface area contributed by atoms with Crippen LogP contribution in [0.3, 0.4) is 0 Å². The summed E-state index contributed by atoms with van der Waals surface area (Å²) in [6.45, 7) is 2.00. The van der Waals surface area contributed by atoms with E-state index in [0.717, 1.165) is 32.5 Å². The summed E-state index contributed by atoms with van der Waals surface area (Å²) in [5, 5.41) is 5.22. The lowest BCUT2D eigenvalue weighted by molar-refractivity contribution is 0.0943. The van der Waals surface area contributed by atoms with E-state index in [-0.39, 0.29) is 11.9 Å².